The summed E-state index contributed by atoms with van der Waals surface area (Å²) in [4.78, 5) is 20.8. The van der Waals surface area contributed by atoms with Gasteiger partial charge in [0.05, 0.1) is 5.52 Å². The van der Waals surface area contributed by atoms with Gasteiger partial charge in [-0.3, -0.25) is 0 Å². The predicted molar refractivity (Wildman–Crippen MR) is 91.5 cm³/mol. The van der Waals surface area contributed by atoms with Gasteiger partial charge in [0.1, 0.15) is 11.5 Å². The molecule has 0 saturated carbocycles. The topological polar surface area (TPSA) is 125 Å². The van der Waals surface area contributed by atoms with Crippen molar-refractivity contribution in [2.24, 2.45) is 0 Å². The molecule has 3 N–H and O–H groups in total. The molecule has 29 heavy (non-hydrogen) atoms. The van der Waals surface area contributed by atoms with Gasteiger partial charge in [0, 0.05) is 6.42 Å². The number of quaternary nitrogens is 1. The standard InChI is InChI=1S/C16H16N4O2.C2HF3O2/c17-13(10-12-6-2-1-3-7-12)16(21)22-11-20-15-9-5-4-8-14(15)18-19-20;3-2(4,5)1(6)7/h1-9,13H,10-11,17H2;(H,6,7)/t13-;/m1./s1. The molecule has 11 heteroatoms. The van der Waals surface area contributed by atoms with Crippen LogP contribution in [0.1, 0.15) is 5.56 Å². The third-order valence-electron chi connectivity index (χ3n) is 3.64. The first-order valence-electron chi connectivity index (χ1n) is 8.28. The zero-order chi connectivity index (χ0) is 21.4. The van der Waals surface area contributed by atoms with Crippen LogP contribution in [0.3, 0.4) is 0 Å². The Labute approximate surface area is 162 Å². The second-order valence-electron chi connectivity index (χ2n) is 5.84. The number of nitrogens with zero attached hydrogens (tertiary/aromatic N) is 3. The number of halogens is 3. The predicted octanol–water partition coefficient (Wildman–Crippen LogP) is 0.0838. The number of rotatable bonds is 5. The van der Waals surface area contributed by atoms with Crippen LogP contribution in [0, 0.1) is 0 Å². The van der Waals surface area contributed by atoms with Gasteiger partial charge in [-0.15, -0.1) is 5.10 Å². The largest absolute Gasteiger partial charge is 0.542 e. The highest BCUT2D eigenvalue weighted by Crippen LogP contribution is 2.11. The number of ether oxygens (including phenoxy) is 1. The monoisotopic (exact) mass is 410 g/mol. The number of aliphatic carboxylic acids is 1. The van der Waals surface area contributed by atoms with Crippen molar-refractivity contribution in [2.45, 2.75) is 25.4 Å². The molecule has 3 aromatic rings. The van der Waals surface area contributed by atoms with Gasteiger partial charge < -0.3 is 20.4 Å². The molecule has 0 aliphatic carbocycles. The van der Waals surface area contributed by atoms with E-state index in [-0.39, 0.29) is 12.7 Å². The number of fused-ring (bicyclic) bond motifs is 1. The molecule has 0 fully saturated rings. The molecule has 1 atom stereocenters. The molecule has 8 nitrogen and oxygen atoms in total. The third kappa shape index (κ3) is 6.57. The summed E-state index contributed by atoms with van der Waals surface area (Å²) in [5, 5.41) is 16.8. The van der Waals surface area contributed by atoms with Gasteiger partial charge in [-0.1, -0.05) is 47.7 Å². The second kappa shape index (κ2) is 9.64. The first-order chi connectivity index (χ1) is 13.7. The molecule has 2 aromatic carbocycles. The Morgan fingerprint density at radius 2 is 1.69 bits per heavy atom. The van der Waals surface area contributed by atoms with Gasteiger partial charge in [0.2, 0.25) is 0 Å². The Hall–Kier alpha value is -3.47. The first kappa shape index (κ1) is 21.8. The van der Waals surface area contributed by atoms with E-state index >= 15 is 0 Å². The molecule has 0 bridgehead atoms. The van der Waals surface area contributed by atoms with E-state index < -0.39 is 18.2 Å². The van der Waals surface area contributed by atoms with E-state index in [1.165, 1.54) is 0 Å². The molecule has 0 aliphatic rings. The lowest BCUT2D eigenvalue weighted by molar-refractivity contribution is -0.408. The number of hydrogen-bond donors (Lipinski definition) is 1. The fourth-order valence-electron chi connectivity index (χ4n) is 2.24. The van der Waals surface area contributed by atoms with Gasteiger partial charge in [-0.25, -0.2) is 9.48 Å². The minimum absolute atomic E-state index is 0.0418. The maximum atomic E-state index is 12.0. The minimum atomic E-state index is -5.19. The van der Waals surface area contributed by atoms with Crippen molar-refractivity contribution >= 4 is 23.0 Å². The Bertz CT molecular complexity index is 960. The number of carboxylic acids is 1. The van der Waals surface area contributed by atoms with Crippen LogP contribution in [0.2, 0.25) is 0 Å². The quantitative estimate of drug-likeness (QED) is 0.594. The average Bonchev–Trinajstić information content (AvgIpc) is 3.10. The Morgan fingerprint density at radius 1 is 1.10 bits per heavy atom. The van der Waals surface area contributed by atoms with Crippen molar-refractivity contribution in [2.75, 3.05) is 0 Å². The normalized spacial score (nSPS) is 12.0. The molecule has 0 aliphatic heterocycles. The lowest BCUT2D eigenvalue weighted by Gasteiger charge is -2.09. The van der Waals surface area contributed by atoms with E-state index in [1.54, 1.807) is 4.68 Å². The molecular formula is C18H17F3N4O4. The zero-order valence-electron chi connectivity index (χ0n) is 15.0. The Kier molecular flexibility index (Phi) is 7.26. The van der Waals surface area contributed by atoms with Gasteiger partial charge in [-0.2, -0.15) is 13.2 Å². The van der Waals surface area contributed by atoms with Crippen molar-refractivity contribution in [3.05, 3.63) is 60.2 Å². The molecular weight excluding hydrogens is 393 g/mol. The Balaban J connectivity index is 0.000000370. The van der Waals surface area contributed by atoms with Crippen LogP contribution < -0.4 is 10.8 Å². The van der Waals surface area contributed by atoms with Crippen molar-refractivity contribution < 1.29 is 38.3 Å². The van der Waals surface area contributed by atoms with E-state index in [2.05, 4.69) is 16.0 Å². The van der Waals surface area contributed by atoms with Crippen LogP contribution in [0.15, 0.2) is 54.6 Å². The maximum absolute atomic E-state index is 12.0. The summed E-state index contributed by atoms with van der Waals surface area (Å²) in [5.74, 6) is -3.35. The fourth-order valence-corrected chi connectivity index (χ4v) is 2.24. The molecule has 1 heterocycles. The number of esters is 1. The molecule has 0 amide bonds. The SMILES string of the molecule is O=C([O-])C(F)(F)F.[NH3+][C@H](Cc1ccccc1)C(=O)OCn1nnc2ccccc21. The lowest BCUT2D eigenvalue weighted by Crippen LogP contribution is -2.66. The first-order valence-corrected chi connectivity index (χ1v) is 8.28. The summed E-state index contributed by atoms with van der Waals surface area (Å²) in [5.41, 5.74) is 6.54. The van der Waals surface area contributed by atoms with Crippen molar-refractivity contribution in [1.82, 2.24) is 15.0 Å². The second-order valence-corrected chi connectivity index (χ2v) is 5.84. The summed E-state index contributed by atoms with van der Waals surface area (Å²) in [6.45, 7) is 0.0418. The van der Waals surface area contributed by atoms with Crippen LogP contribution >= 0.6 is 0 Å². The van der Waals surface area contributed by atoms with Gasteiger partial charge in [0.15, 0.2) is 12.8 Å². The number of carbonyl (C=O) groups excluding carboxylic acids is 2. The molecule has 0 unspecified atom stereocenters. The highest BCUT2D eigenvalue weighted by Gasteiger charge is 2.28. The number of aromatic nitrogens is 3. The molecule has 3 rings (SSSR count). The zero-order valence-corrected chi connectivity index (χ0v) is 15.0. The lowest BCUT2D eigenvalue weighted by atomic mass is 10.1. The van der Waals surface area contributed by atoms with Crippen LogP contribution in [0.4, 0.5) is 13.2 Å². The summed E-state index contributed by atoms with van der Waals surface area (Å²) in [6.07, 6.45) is -4.64. The molecule has 0 spiro atoms. The number of hydrogen-bond acceptors (Lipinski definition) is 6. The number of alkyl halides is 3. The van der Waals surface area contributed by atoms with Crippen LogP contribution in [0.5, 0.6) is 0 Å². The summed E-state index contributed by atoms with van der Waals surface area (Å²) in [6, 6.07) is 16.8. The van der Waals surface area contributed by atoms with Crippen molar-refractivity contribution in [1.29, 1.82) is 0 Å². The molecule has 154 valence electrons. The van der Waals surface area contributed by atoms with E-state index in [0.29, 0.717) is 6.42 Å². The molecule has 1 aromatic heterocycles. The highest BCUT2D eigenvalue weighted by molar-refractivity contribution is 5.75. The fraction of sp³-hybridized carbons (Fsp3) is 0.222. The van der Waals surface area contributed by atoms with Crippen molar-refractivity contribution in [3.8, 4) is 0 Å². The van der Waals surface area contributed by atoms with E-state index in [1.807, 2.05) is 54.6 Å². The van der Waals surface area contributed by atoms with Crippen LogP contribution in [-0.2, 0) is 27.5 Å². The highest BCUT2D eigenvalue weighted by atomic mass is 19.4. The van der Waals surface area contributed by atoms with E-state index in [9.17, 15) is 18.0 Å². The van der Waals surface area contributed by atoms with Crippen LogP contribution in [-0.4, -0.2) is 39.2 Å². The smallest absolute Gasteiger partial charge is 0.430 e. The van der Waals surface area contributed by atoms with E-state index in [4.69, 9.17) is 14.6 Å². The molecule has 0 radical (unpaired) electrons. The van der Waals surface area contributed by atoms with Crippen LogP contribution in [0.25, 0.3) is 11.0 Å². The third-order valence-corrected chi connectivity index (χ3v) is 3.64. The molecule has 0 saturated heterocycles. The number of benzene rings is 2. The van der Waals surface area contributed by atoms with Gasteiger partial charge in [0.25, 0.3) is 0 Å². The number of carboxylic acid groups (broad SMARTS) is 1. The average molecular weight is 410 g/mol. The van der Waals surface area contributed by atoms with Gasteiger partial charge in [-0.05, 0) is 17.7 Å². The summed E-state index contributed by atoms with van der Waals surface area (Å²) >= 11 is 0. The van der Waals surface area contributed by atoms with Crippen molar-refractivity contribution in [3.63, 3.8) is 0 Å². The number of carbonyl (C=O) groups is 2. The summed E-state index contributed by atoms with van der Waals surface area (Å²) in [7, 11) is 0. The van der Waals surface area contributed by atoms with Gasteiger partial charge >= 0.3 is 12.1 Å². The Morgan fingerprint density at radius 3 is 2.31 bits per heavy atom. The van der Waals surface area contributed by atoms with E-state index in [0.717, 1.165) is 16.6 Å². The number of para-hydroxylation sites is 1. The minimum Gasteiger partial charge on any atom is -0.542 e. The summed E-state index contributed by atoms with van der Waals surface area (Å²) < 4.78 is 38.4. The maximum Gasteiger partial charge on any atom is 0.430 e.